The Morgan fingerprint density at radius 1 is 1.44 bits per heavy atom. The second-order valence-corrected chi connectivity index (χ2v) is 4.87. The average molecular weight is 270 g/mol. The van der Waals surface area contributed by atoms with Crippen LogP contribution in [0.4, 0.5) is 0 Å². The predicted molar refractivity (Wildman–Crippen MR) is 73.0 cm³/mol. The summed E-state index contributed by atoms with van der Waals surface area (Å²) >= 11 is 6.02. The number of halogens is 1. The largest absolute Gasteiger partial charge is 0.338 e. The molecular formula is C13H20ClN3O. The molecular weight excluding hydrogens is 250 g/mol. The maximum atomic E-state index is 12.3. The normalized spacial score (nSPS) is 10.8. The summed E-state index contributed by atoms with van der Waals surface area (Å²) in [7, 11) is 0. The van der Waals surface area contributed by atoms with Gasteiger partial charge >= 0.3 is 0 Å². The zero-order chi connectivity index (χ0) is 13.7. The first-order valence-electron chi connectivity index (χ1n) is 6.32. The molecule has 1 aromatic rings. The standard InChI is InChI=1S/C13H20ClN3O/c1-5-7-17(6-2)13(18)11-10(14)8-15-12(16-11)9(3)4/h8-9H,5-7H2,1-4H3. The van der Waals surface area contributed by atoms with Crippen LogP contribution >= 0.6 is 11.6 Å². The van der Waals surface area contributed by atoms with E-state index in [0.29, 0.717) is 29.6 Å². The van der Waals surface area contributed by atoms with Gasteiger partial charge in [0.25, 0.3) is 5.91 Å². The molecule has 100 valence electrons. The van der Waals surface area contributed by atoms with E-state index in [-0.39, 0.29) is 11.8 Å². The number of hydrogen-bond acceptors (Lipinski definition) is 3. The molecule has 1 amide bonds. The highest BCUT2D eigenvalue weighted by Crippen LogP contribution is 2.18. The molecule has 1 aromatic heterocycles. The van der Waals surface area contributed by atoms with Crippen LogP contribution in [-0.4, -0.2) is 33.9 Å². The number of rotatable bonds is 5. The molecule has 0 aliphatic carbocycles. The minimum Gasteiger partial charge on any atom is -0.338 e. The van der Waals surface area contributed by atoms with Gasteiger partial charge in [-0.05, 0) is 13.3 Å². The lowest BCUT2D eigenvalue weighted by molar-refractivity contribution is 0.0758. The Labute approximate surface area is 113 Å². The van der Waals surface area contributed by atoms with Crippen LogP contribution < -0.4 is 0 Å². The summed E-state index contributed by atoms with van der Waals surface area (Å²) in [5, 5.41) is 0.318. The Morgan fingerprint density at radius 2 is 2.11 bits per heavy atom. The van der Waals surface area contributed by atoms with Gasteiger partial charge in [0.05, 0.1) is 11.2 Å². The predicted octanol–water partition coefficient (Wildman–Crippen LogP) is 3.13. The molecule has 0 bridgehead atoms. The minimum atomic E-state index is -0.117. The van der Waals surface area contributed by atoms with Crippen LogP contribution in [0, 0.1) is 0 Å². The molecule has 5 heteroatoms. The number of carbonyl (C=O) groups excluding carboxylic acids is 1. The van der Waals surface area contributed by atoms with E-state index in [1.165, 1.54) is 6.20 Å². The van der Waals surface area contributed by atoms with Gasteiger partial charge in [0.15, 0.2) is 5.69 Å². The van der Waals surface area contributed by atoms with Crippen molar-refractivity contribution in [2.45, 2.75) is 40.0 Å². The van der Waals surface area contributed by atoms with Crippen molar-refractivity contribution in [3.63, 3.8) is 0 Å². The van der Waals surface area contributed by atoms with Crippen LogP contribution in [0.15, 0.2) is 6.20 Å². The Balaban J connectivity index is 3.06. The first kappa shape index (κ1) is 14.9. The third kappa shape index (κ3) is 3.42. The van der Waals surface area contributed by atoms with Crippen molar-refractivity contribution in [1.82, 2.24) is 14.9 Å². The van der Waals surface area contributed by atoms with Crippen molar-refractivity contribution < 1.29 is 4.79 Å². The molecule has 1 rings (SSSR count). The fourth-order valence-corrected chi connectivity index (χ4v) is 1.80. The number of aromatic nitrogens is 2. The van der Waals surface area contributed by atoms with Crippen LogP contribution in [0.1, 0.15) is 56.3 Å². The zero-order valence-electron chi connectivity index (χ0n) is 11.4. The van der Waals surface area contributed by atoms with Crippen molar-refractivity contribution in [2.24, 2.45) is 0 Å². The highest BCUT2D eigenvalue weighted by molar-refractivity contribution is 6.33. The van der Waals surface area contributed by atoms with Crippen LogP contribution in [0.2, 0.25) is 5.02 Å². The molecule has 1 heterocycles. The van der Waals surface area contributed by atoms with Gasteiger partial charge in [-0.25, -0.2) is 9.97 Å². The van der Waals surface area contributed by atoms with Gasteiger partial charge in [-0.1, -0.05) is 32.4 Å². The lowest BCUT2D eigenvalue weighted by Crippen LogP contribution is -2.32. The maximum Gasteiger partial charge on any atom is 0.274 e. The van der Waals surface area contributed by atoms with E-state index in [0.717, 1.165) is 6.42 Å². The molecule has 0 aliphatic rings. The topological polar surface area (TPSA) is 46.1 Å². The smallest absolute Gasteiger partial charge is 0.274 e. The molecule has 4 nitrogen and oxygen atoms in total. The van der Waals surface area contributed by atoms with Gasteiger partial charge in [-0.3, -0.25) is 4.79 Å². The fraction of sp³-hybridized carbons (Fsp3) is 0.615. The fourth-order valence-electron chi connectivity index (χ4n) is 1.63. The number of amides is 1. The summed E-state index contributed by atoms with van der Waals surface area (Å²) in [6.07, 6.45) is 2.43. The first-order valence-corrected chi connectivity index (χ1v) is 6.70. The highest BCUT2D eigenvalue weighted by Gasteiger charge is 2.19. The third-order valence-electron chi connectivity index (χ3n) is 2.64. The van der Waals surface area contributed by atoms with Gasteiger partial charge in [0, 0.05) is 19.0 Å². The molecule has 0 atom stereocenters. The molecule has 0 aliphatic heterocycles. The highest BCUT2D eigenvalue weighted by atomic mass is 35.5. The number of carbonyl (C=O) groups is 1. The quantitative estimate of drug-likeness (QED) is 0.825. The van der Waals surface area contributed by atoms with Crippen molar-refractivity contribution in [3.8, 4) is 0 Å². The maximum absolute atomic E-state index is 12.3. The monoisotopic (exact) mass is 269 g/mol. The summed E-state index contributed by atoms with van der Waals surface area (Å²) in [6, 6.07) is 0. The van der Waals surface area contributed by atoms with Crippen LogP contribution in [0.5, 0.6) is 0 Å². The zero-order valence-corrected chi connectivity index (χ0v) is 12.2. The summed E-state index contributed by atoms with van der Waals surface area (Å²) in [5.74, 6) is 0.707. The molecule has 0 radical (unpaired) electrons. The van der Waals surface area contributed by atoms with E-state index in [9.17, 15) is 4.79 Å². The van der Waals surface area contributed by atoms with E-state index in [1.54, 1.807) is 4.90 Å². The molecule has 0 saturated heterocycles. The minimum absolute atomic E-state index is 0.117. The Hall–Kier alpha value is -1.16. The van der Waals surface area contributed by atoms with Gasteiger partial charge < -0.3 is 4.90 Å². The van der Waals surface area contributed by atoms with E-state index >= 15 is 0 Å². The Morgan fingerprint density at radius 3 is 2.61 bits per heavy atom. The van der Waals surface area contributed by atoms with Crippen molar-refractivity contribution >= 4 is 17.5 Å². The third-order valence-corrected chi connectivity index (χ3v) is 2.92. The first-order chi connectivity index (χ1) is 8.51. The number of hydrogen-bond donors (Lipinski definition) is 0. The van der Waals surface area contributed by atoms with Crippen LogP contribution in [0.3, 0.4) is 0 Å². The summed E-state index contributed by atoms with van der Waals surface area (Å²) < 4.78 is 0. The van der Waals surface area contributed by atoms with E-state index in [1.807, 2.05) is 27.7 Å². The van der Waals surface area contributed by atoms with Crippen molar-refractivity contribution in [3.05, 3.63) is 22.7 Å². The van der Waals surface area contributed by atoms with Crippen molar-refractivity contribution in [1.29, 1.82) is 0 Å². The molecule has 0 spiro atoms. The van der Waals surface area contributed by atoms with Gasteiger partial charge in [0.2, 0.25) is 0 Å². The Bertz CT molecular complexity index is 421. The van der Waals surface area contributed by atoms with Crippen LogP contribution in [0.25, 0.3) is 0 Å². The lowest BCUT2D eigenvalue weighted by atomic mass is 10.2. The lowest BCUT2D eigenvalue weighted by Gasteiger charge is -2.20. The van der Waals surface area contributed by atoms with Gasteiger partial charge in [-0.2, -0.15) is 0 Å². The number of nitrogens with zero attached hydrogens (tertiary/aromatic N) is 3. The van der Waals surface area contributed by atoms with Gasteiger partial charge in [-0.15, -0.1) is 0 Å². The Kier molecular flexibility index (Phi) is 5.54. The summed E-state index contributed by atoms with van der Waals surface area (Å²) in [5.41, 5.74) is 0.311. The van der Waals surface area contributed by atoms with E-state index in [4.69, 9.17) is 11.6 Å². The summed E-state index contributed by atoms with van der Waals surface area (Å²) in [6.45, 7) is 9.34. The molecule has 0 unspecified atom stereocenters. The second kappa shape index (κ2) is 6.69. The van der Waals surface area contributed by atoms with E-state index < -0.39 is 0 Å². The molecule has 0 fully saturated rings. The van der Waals surface area contributed by atoms with Gasteiger partial charge in [0.1, 0.15) is 5.82 Å². The van der Waals surface area contributed by atoms with Crippen molar-refractivity contribution in [2.75, 3.05) is 13.1 Å². The molecule has 0 aromatic carbocycles. The average Bonchev–Trinajstić information content (AvgIpc) is 2.35. The molecule has 0 saturated carbocycles. The second-order valence-electron chi connectivity index (χ2n) is 4.46. The van der Waals surface area contributed by atoms with Crippen LogP contribution in [-0.2, 0) is 0 Å². The summed E-state index contributed by atoms with van der Waals surface area (Å²) in [4.78, 5) is 22.5. The van der Waals surface area contributed by atoms with E-state index in [2.05, 4.69) is 9.97 Å². The molecule has 0 N–H and O–H groups in total. The SMILES string of the molecule is CCCN(CC)C(=O)c1nc(C(C)C)ncc1Cl. The molecule has 18 heavy (non-hydrogen) atoms.